The van der Waals surface area contributed by atoms with E-state index in [0.717, 1.165) is 28.0 Å². The van der Waals surface area contributed by atoms with Crippen molar-refractivity contribution < 1.29 is 4.74 Å². The van der Waals surface area contributed by atoms with Gasteiger partial charge in [-0.25, -0.2) is 0 Å². The SMILES string of the molecule is C=C(/C=C(/c1ccc(OC)cc1)c1c(-c2ccccc2)n(C)c2ccccc12)c1ccccc1. The van der Waals surface area contributed by atoms with Gasteiger partial charge in [-0.1, -0.05) is 97.6 Å². The molecule has 2 heteroatoms. The van der Waals surface area contributed by atoms with E-state index in [1.807, 2.05) is 18.2 Å². The Kier molecular flexibility index (Phi) is 5.88. The molecule has 0 unspecified atom stereocenters. The van der Waals surface area contributed by atoms with Crippen molar-refractivity contribution in [2.75, 3.05) is 7.11 Å². The molecular weight excluding hydrogens is 414 g/mol. The van der Waals surface area contributed by atoms with E-state index in [0.29, 0.717) is 0 Å². The zero-order valence-electron chi connectivity index (χ0n) is 19.5. The van der Waals surface area contributed by atoms with Crippen LogP contribution >= 0.6 is 0 Å². The third-order valence-corrected chi connectivity index (χ3v) is 6.29. The molecule has 5 aromatic rings. The summed E-state index contributed by atoms with van der Waals surface area (Å²) >= 11 is 0. The van der Waals surface area contributed by atoms with Gasteiger partial charge >= 0.3 is 0 Å². The van der Waals surface area contributed by atoms with Crippen LogP contribution in [0.1, 0.15) is 16.7 Å². The van der Waals surface area contributed by atoms with Crippen LogP contribution in [0.5, 0.6) is 5.75 Å². The number of aromatic nitrogens is 1. The Morgan fingerprint density at radius 1 is 0.735 bits per heavy atom. The fourth-order valence-electron chi connectivity index (χ4n) is 4.58. The number of hydrogen-bond donors (Lipinski definition) is 0. The normalized spacial score (nSPS) is 11.5. The molecule has 0 saturated heterocycles. The molecule has 0 atom stereocenters. The van der Waals surface area contributed by atoms with Crippen LogP contribution < -0.4 is 4.74 Å². The van der Waals surface area contributed by atoms with Crippen LogP contribution in [0.3, 0.4) is 0 Å². The highest BCUT2D eigenvalue weighted by molar-refractivity contribution is 6.06. The van der Waals surface area contributed by atoms with Crippen molar-refractivity contribution in [3.8, 4) is 17.0 Å². The molecule has 0 fully saturated rings. The number of methoxy groups -OCH3 is 1. The number of ether oxygens (including phenoxy) is 1. The molecule has 4 aromatic carbocycles. The minimum atomic E-state index is 0.839. The van der Waals surface area contributed by atoms with Gasteiger partial charge in [0.25, 0.3) is 0 Å². The minimum absolute atomic E-state index is 0.839. The van der Waals surface area contributed by atoms with Crippen LogP contribution in [-0.4, -0.2) is 11.7 Å². The predicted octanol–water partition coefficient (Wildman–Crippen LogP) is 8.00. The Morgan fingerprint density at radius 3 is 2.03 bits per heavy atom. The molecule has 0 N–H and O–H groups in total. The molecule has 166 valence electrons. The molecule has 0 bridgehead atoms. The number of aryl methyl sites for hydroxylation is 1. The highest BCUT2D eigenvalue weighted by atomic mass is 16.5. The Hall–Kier alpha value is -4.30. The molecule has 1 aromatic heterocycles. The summed E-state index contributed by atoms with van der Waals surface area (Å²) in [7, 11) is 3.84. The number of rotatable bonds is 6. The molecule has 5 rings (SSSR count). The lowest BCUT2D eigenvalue weighted by molar-refractivity contribution is 0.415. The van der Waals surface area contributed by atoms with Crippen molar-refractivity contribution in [2.24, 2.45) is 7.05 Å². The molecule has 0 spiro atoms. The van der Waals surface area contributed by atoms with Gasteiger partial charge < -0.3 is 9.30 Å². The van der Waals surface area contributed by atoms with Gasteiger partial charge in [-0.05, 0) is 52.1 Å². The average Bonchev–Trinajstić information content (AvgIpc) is 3.20. The molecule has 0 aliphatic rings. The van der Waals surface area contributed by atoms with Crippen LogP contribution in [0.15, 0.2) is 122 Å². The maximum Gasteiger partial charge on any atom is 0.118 e. The summed E-state index contributed by atoms with van der Waals surface area (Å²) in [4.78, 5) is 0. The Morgan fingerprint density at radius 2 is 1.35 bits per heavy atom. The lowest BCUT2D eigenvalue weighted by atomic mass is 9.90. The number of benzene rings is 4. The van der Waals surface area contributed by atoms with Crippen molar-refractivity contribution in [1.82, 2.24) is 4.57 Å². The van der Waals surface area contributed by atoms with E-state index in [9.17, 15) is 0 Å². The maximum absolute atomic E-state index is 5.43. The number of para-hydroxylation sites is 1. The summed E-state index contributed by atoms with van der Waals surface area (Å²) in [5.41, 5.74) is 9.09. The molecule has 1 heterocycles. The Balaban J connectivity index is 1.82. The first-order chi connectivity index (χ1) is 16.7. The zero-order valence-corrected chi connectivity index (χ0v) is 19.5. The maximum atomic E-state index is 5.43. The first kappa shape index (κ1) is 21.5. The minimum Gasteiger partial charge on any atom is -0.497 e. The van der Waals surface area contributed by atoms with E-state index in [4.69, 9.17) is 4.74 Å². The van der Waals surface area contributed by atoms with Crippen molar-refractivity contribution in [1.29, 1.82) is 0 Å². The van der Waals surface area contributed by atoms with Gasteiger partial charge in [-0.3, -0.25) is 0 Å². The third kappa shape index (κ3) is 3.95. The van der Waals surface area contributed by atoms with Crippen LogP contribution in [-0.2, 0) is 7.05 Å². The van der Waals surface area contributed by atoms with E-state index in [1.54, 1.807) is 7.11 Å². The standard InChI is InChI=1S/C32H27NO/c1-23(24-12-6-4-7-13-24)22-29(25-18-20-27(34-3)21-19-25)31-28-16-10-11-17-30(28)33(2)32(31)26-14-8-5-9-15-26/h4-22H,1H2,2-3H3/b29-22-. The van der Waals surface area contributed by atoms with E-state index in [1.165, 1.54) is 27.7 Å². The average molecular weight is 442 g/mol. The first-order valence-corrected chi connectivity index (χ1v) is 11.4. The van der Waals surface area contributed by atoms with Gasteiger partial charge in [-0.15, -0.1) is 0 Å². The molecule has 0 aliphatic heterocycles. The van der Waals surface area contributed by atoms with Crippen LogP contribution in [0, 0.1) is 0 Å². The number of nitrogens with zero attached hydrogens (tertiary/aromatic N) is 1. The summed E-state index contributed by atoms with van der Waals surface area (Å²) in [6.07, 6.45) is 2.21. The largest absolute Gasteiger partial charge is 0.497 e. The molecule has 0 saturated carbocycles. The number of fused-ring (bicyclic) bond motifs is 1. The van der Waals surface area contributed by atoms with Crippen molar-refractivity contribution in [2.45, 2.75) is 0 Å². The highest BCUT2D eigenvalue weighted by Gasteiger charge is 2.21. The number of hydrogen-bond acceptors (Lipinski definition) is 1. The molecule has 0 radical (unpaired) electrons. The summed E-state index contributed by atoms with van der Waals surface area (Å²) in [6, 6.07) is 37.8. The van der Waals surface area contributed by atoms with Gasteiger partial charge in [0, 0.05) is 23.5 Å². The summed E-state index contributed by atoms with van der Waals surface area (Å²) in [6.45, 7) is 4.43. The van der Waals surface area contributed by atoms with Crippen molar-refractivity contribution in [3.63, 3.8) is 0 Å². The van der Waals surface area contributed by atoms with E-state index < -0.39 is 0 Å². The molecular formula is C32H27NO. The summed E-state index contributed by atoms with van der Waals surface area (Å²) < 4.78 is 7.73. The molecule has 0 aliphatic carbocycles. The number of allylic oxidation sites excluding steroid dienone is 2. The van der Waals surface area contributed by atoms with Gasteiger partial charge in [0.15, 0.2) is 0 Å². The monoisotopic (exact) mass is 441 g/mol. The van der Waals surface area contributed by atoms with Crippen molar-refractivity contribution >= 4 is 22.0 Å². The molecule has 0 amide bonds. The van der Waals surface area contributed by atoms with Gasteiger partial charge in [0.05, 0.1) is 12.8 Å². The zero-order chi connectivity index (χ0) is 23.5. The van der Waals surface area contributed by atoms with Gasteiger partial charge in [0.1, 0.15) is 5.75 Å². The van der Waals surface area contributed by atoms with Gasteiger partial charge in [-0.2, -0.15) is 0 Å². The second kappa shape index (κ2) is 9.29. The first-order valence-electron chi connectivity index (χ1n) is 11.4. The van der Waals surface area contributed by atoms with E-state index in [2.05, 4.69) is 115 Å². The Bertz CT molecular complexity index is 1470. The van der Waals surface area contributed by atoms with Gasteiger partial charge in [0.2, 0.25) is 0 Å². The quantitative estimate of drug-likeness (QED) is 0.244. The van der Waals surface area contributed by atoms with E-state index in [-0.39, 0.29) is 0 Å². The van der Waals surface area contributed by atoms with Crippen LogP contribution in [0.2, 0.25) is 0 Å². The lowest BCUT2D eigenvalue weighted by Gasteiger charge is -2.14. The summed E-state index contributed by atoms with van der Waals surface area (Å²) in [5.74, 6) is 0.839. The molecule has 2 nitrogen and oxygen atoms in total. The fraction of sp³-hybridized carbons (Fsp3) is 0.0625. The second-order valence-corrected chi connectivity index (χ2v) is 8.34. The lowest BCUT2D eigenvalue weighted by Crippen LogP contribution is -1.96. The van der Waals surface area contributed by atoms with E-state index >= 15 is 0 Å². The van der Waals surface area contributed by atoms with Crippen LogP contribution in [0.25, 0.3) is 33.3 Å². The second-order valence-electron chi connectivity index (χ2n) is 8.34. The summed E-state index contributed by atoms with van der Waals surface area (Å²) in [5, 5.41) is 1.21. The topological polar surface area (TPSA) is 14.2 Å². The fourth-order valence-corrected chi connectivity index (χ4v) is 4.58. The highest BCUT2D eigenvalue weighted by Crippen LogP contribution is 2.41. The predicted molar refractivity (Wildman–Crippen MR) is 144 cm³/mol. The Labute approximate surface area is 201 Å². The smallest absolute Gasteiger partial charge is 0.118 e. The van der Waals surface area contributed by atoms with Crippen molar-refractivity contribution in [3.05, 3.63) is 139 Å². The van der Waals surface area contributed by atoms with Crippen LogP contribution in [0.4, 0.5) is 0 Å². The third-order valence-electron chi connectivity index (χ3n) is 6.29. The molecule has 34 heavy (non-hydrogen) atoms.